The van der Waals surface area contributed by atoms with Gasteiger partial charge in [0.05, 0.1) is 0 Å². The standard InChI is InChI=1S/C5H2F2N4/c6-2-1-3-5(8-4(2)7)10-11-9-3/h1H,(H,8,9,10,11). The zero-order valence-electron chi connectivity index (χ0n) is 5.17. The molecule has 56 valence electrons. The maximum absolute atomic E-state index is 12.4. The molecule has 0 spiro atoms. The number of aromatic nitrogens is 4. The normalized spacial score (nSPS) is 10.7. The summed E-state index contributed by atoms with van der Waals surface area (Å²) in [4.78, 5) is 3.19. The summed E-state index contributed by atoms with van der Waals surface area (Å²) in [5.41, 5.74) is 0.285. The van der Waals surface area contributed by atoms with E-state index in [-0.39, 0.29) is 11.2 Å². The molecule has 2 heterocycles. The smallest absolute Gasteiger partial charge is 0.202 e. The van der Waals surface area contributed by atoms with Gasteiger partial charge in [0.15, 0.2) is 5.82 Å². The molecule has 0 atom stereocenters. The van der Waals surface area contributed by atoms with Crippen LogP contribution in [-0.4, -0.2) is 20.4 Å². The van der Waals surface area contributed by atoms with Crippen molar-refractivity contribution >= 4 is 11.2 Å². The zero-order chi connectivity index (χ0) is 7.84. The summed E-state index contributed by atoms with van der Waals surface area (Å²) < 4.78 is 24.8. The number of rotatable bonds is 0. The molecule has 2 aromatic heterocycles. The van der Waals surface area contributed by atoms with Crippen LogP contribution in [0.3, 0.4) is 0 Å². The van der Waals surface area contributed by atoms with Crippen LogP contribution in [0.1, 0.15) is 0 Å². The van der Waals surface area contributed by atoms with Crippen LogP contribution >= 0.6 is 0 Å². The second-order valence-electron chi connectivity index (χ2n) is 1.93. The lowest BCUT2D eigenvalue weighted by Crippen LogP contribution is -1.89. The maximum Gasteiger partial charge on any atom is 0.251 e. The van der Waals surface area contributed by atoms with E-state index < -0.39 is 11.8 Å². The number of fused-ring (bicyclic) bond motifs is 1. The van der Waals surface area contributed by atoms with Gasteiger partial charge >= 0.3 is 0 Å². The van der Waals surface area contributed by atoms with Crippen molar-refractivity contribution in [3.05, 3.63) is 17.8 Å². The minimum atomic E-state index is -1.16. The number of nitrogens with one attached hydrogen (secondary N) is 1. The van der Waals surface area contributed by atoms with Gasteiger partial charge < -0.3 is 0 Å². The first-order valence-electron chi connectivity index (χ1n) is 2.80. The van der Waals surface area contributed by atoms with Crippen molar-refractivity contribution in [2.45, 2.75) is 0 Å². The Bertz CT molecular complexity index is 360. The van der Waals surface area contributed by atoms with Crippen LogP contribution in [0.2, 0.25) is 0 Å². The van der Waals surface area contributed by atoms with Gasteiger partial charge in [-0.05, 0) is 0 Å². The Balaban J connectivity index is 2.86. The summed E-state index contributed by atoms with van der Waals surface area (Å²) in [7, 11) is 0. The average molecular weight is 156 g/mol. The van der Waals surface area contributed by atoms with E-state index in [9.17, 15) is 8.78 Å². The van der Waals surface area contributed by atoms with E-state index in [1.54, 1.807) is 0 Å². The SMILES string of the molecule is Fc1cc2n[nH]nc2nc1F. The van der Waals surface area contributed by atoms with Gasteiger partial charge in [0.2, 0.25) is 5.65 Å². The fourth-order valence-electron chi connectivity index (χ4n) is 0.739. The Kier molecular flexibility index (Phi) is 1.09. The van der Waals surface area contributed by atoms with Crippen molar-refractivity contribution < 1.29 is 8.78 Å². The Labute approximate surface area is 59.2 Å². The van der Waals surface area contributed by atoms with E-state index in [0.717, 1.165) is 6.07 Å². The van der Waals surface area contributed by atoms with Gasteiger partial charge in [-0.3, -0.25) is 0 Å². The molecular weight excluding hydrogens is 154 g/mol. The highest BCUT2D eigenvalue weighted by atomic mass is 19.2. The maximum atomic E-state index is 12.4. The molecule has 11 heavy (non-hydrogen) atoms. The van der Waals surface area contributed by atoms with E-state index in [0.29, 0.717) is 0 Å². The second-order valence-corrected chi connectivity index (χ2v) is 1.93. The van der Waals surface area contributed by atoms with Crippen molar-refractivity contribution in [2.24, 2.45) is 0 Å². The van der Waals surface area contributed by atoms with E-state index in [4.69, 9.17) is 0 Å². The van der Waals surface area contributed by atoms with Crippen molar-refractivity contribution in [1.82, 2.24) is 20.4 Å². The topological polar surface area (TPSA) is 54.5 Å². The minimum absolute atomic E-state index is 0.0731. The quantitative estimate of drug-likeness (QED) is 0.569. The van der Waals surface area contributed by atoms with E-state index in [2.05, 4.69) is 20.4 Å². The van der Waals surface area contributed by atoms with E-state index in [1.165, 1.54) is 0 Å². The molecule has 0 saturated heterocycles. The van der Waals surface area contributed by atoms with Crippen molar-refractivity contribution in [1.29, 1.82) is 0 Å². The van der Waals surface area contributed by atoms with Gasteiger partial charge in [0, 0.05) is 6.07 Å². The predicted molar refractivity (Wildman–Crippen MR) is 31.6 cm³/mol. The third kappa shape index (κ3) is 0.830. The fourth-order valence-corrected chi connectivity index (χ4v) is 0.739. The molecule has 0 aromatic carbocycles. The van der Waals surface area contributed by atoms with Crippen LogP contribution in [0.25, 0.3) is 11.2 Å². The molecule has 4 nitrogen and oxygen atoms in total. The number of H-pyrrole nitrogens is 1. The van der Waals surface area contributed by atoms with Crippen LogP contribution in [-0.2, 0) is 0 Å². The Hall–Kier alpha value is -1.59. The molecule has 0 amide bonds. The predicted octanol–water partition coefficient (Wildman–Crippen LogP) is 0.631. The van der Waals surface area contributed by atoms with Gasteiger partial charge in [-0.1, -0.05) is 0 Å². The Morgan fingerprint density at radius 1 is 1.27 bits per heavy atom. The van der Waals surface area contributed by atoms with Crippen LogP contribution in [0.5, 0.6) is 0 Å². The zero-order valence-corrected chi connectivity index (χ0v) is 5.17. The van der Waals surface area contributed by atoms with Gasteiger partial charge in [0.1, 0.15) is 5.52 Å². The molecule has 2 rings (SSSR count). The molecule has 0 radical (unpaired) electrons. The Morgan fingerprint density at radius 2 is 2.09 bits per heavy atom. The lowest BCUT2D eigenvalue weighted by atomic mass is 10.4. The second kappa shape index (κ2) is 1.94. The number of aromatic amines is 1. The largest absolute Gasteiger partial charge is 0.251 e. The molecule has 0 saturated carbocycles. The van der Waals surface area contributed by atoms with Gasteiger partial charge in [-0.2, -0.15) is 19.7 Å². The molecule has 0 bridgehead atoms. The summed E-state index contributed by atoms with van der Waals surface area (Å²) in [6.07, 6.45) is 0. The monoisotopic (exact) mass is 156 g/mol. The van der Waals surface area contributed by atoms with Crippen molar-refractivity contribution in [2.75, 3.05) is 0 Å². The number of hydrogen-bond donors (Lipinski definition) is 1. The van der Waals surface area contributed by atoms with Crippen molar-refractivity contribution in [3.63, 3.8) is 0 Å². The fraction of sp³-hybridized carbons (Fsp3) is 0. The highest BCUT2D eigenvalue weighted by Crippen LogP contribution is 2.08. The first kappa shape index (κ1) is 6.14. The summed E-state index contributed by atoms with van der Waals surface area (Å²) in [6, 6.07) is 0.932. The first-order valence-corrected chi connectivity index (χ1v) is 2.80. The van der Waals surface area contributed by atoms with Crippen LogP contribution in [0, 0.1) is 11.8 Å². The van der Waals surface area contributed by atoms with Crippen LogP contribution < -0.4 is 0 Å². The van der Waals surface area contributed by atoms with Gasteiger partial charge in [-0.25, -0.2) is 4.39 Å². The summed E-state index contributed by atoms with van der Waals surface area (Å²) >= 11 is 0. The molecule has 0 unspecified atom stereocenters. The number of pyridine rings is 1. The summed E-state index contributed by atoms with van der Waals surface area (Å²) in [6.45, 7) is 0. The highest BCUT2D eigenvalue weighted by Gasteiger charge is 2.07. The lowest BCUT2D eigenvalue weighted by Gasteiger charge is -1.87. The van der Waals surface area contributed by atoms with E-state index in [1.807, 2.05) is 0 Å². The molecule has 6 heteroatoms. The molecule has 0 aliphatic heterocycles. The molecule has 0 aliphatic carbocycles. The van der Waals surface area contributed by atoms with Gasteiger partial charge in [-0.15, -0.1) is 5.10 Å². The first-order chi connectivity index (χ1) is 5.27. The van der Waals surface area contributed by atoms with Crippen molar-refractivity contribution in [3.8, 4) is 0 Å². The summed E-state index contributed by atoms with van der Waals surface area (Å²) in [5.74, 6) is -2.18. The van der Waals surface area contributed by atoms with Crippen LogP contribution in [0.4, 0.5) is 8.78 Å². The lowest BCUT2D eigenvalue weighted by molar-refractivity contribution is 0.483. The number of halogens is 2. The molecule has 1 N–H and O–H groups in total. The third-order valence-corrected chi connectivity index (χ3v) is 1.22. The summed E-state index contributed by atoms with van der Waals surface area (Å²) in [5, 5.41) is 9.18. The molecule has 2 aromatic rings. The average Bonchev–Trinajstić information content (AvgIpc) is 2.36. The molecule has 0 aliphatic rings. The Morgan fingerprint density at radius 3 is 2.91 bits per heavy atom. The van der Waals surface area contributed by atoms with Crippen LogP contribution in [0.15, 0.2) is 6.07 Å². The molecular formula is C5H2F2N4. The van der Waals surface area contributed by atoms with Gasteiger partial charge in [0.25, 0.3) is 5.95 Å². The van der Waals surface area contributed by atoms with E-state index >= 15 is 0 Å². The minimum Gasteiger partial charge on any atom is -0.202 e. The highest BCUT2D eigenvalue weighted by molar-refractivity contribution is 5.68. The number of hydrogen-bond acceptors (Lipinski definition) is 3. The molecule has 0 fully saturated rings. The number of nitrogens with zero attached hydrogens (tertiary/aromatic N) is 3. The third-order valence-electron chi connectivity index (χ3n) is 1.22.